The van der Waals surface area contributed by atoms with E-state index in [4.69, 9.17) is 4.74 Å². The van der Waals surface area contributed by atoms with Crippen molar-refractivity contribution in [3.8, 4) is 0 Å². The number of rotatable bonds is 7. The van der Waals surface area contributed by atoms with Crippen LogP contribution in [-0.2, 0) is 22.5 Å². The Bertz CT molecular complexity index is 735. The summed E-state index contributed by atoms with van der Waals surface area (Å²) in [6.07, 6.45) is 0.559. The van der Waals surface area contributed by atoms with E-state index < -0.39 is 6.10 Å². The number of anilines is 1. The van der Waals surface area contributed by atoms with Crippen molar-refractivity contribution < 1.29 is 14.6 Å². The van der Waals surface area contributed by atoms with E-state index in [0.717, 1.165) is 16.8 Å². The number of carbonyl (C=O) groups is 1. The lowest BCUT2D eigenvalue weighted by Gasteiger charge is -2.34. The normalized spacial score (nSPS) is 15.9. The van der Waals surface area contributed by atoms with Crippen molar-refractivity contribution >= 4 is 11.6 Å². The minimum absolute atomic E-state index is 0.129. The van der Waals surface area contributed by atoms with Crippen molar-refractivity contribution in [3.05, 3.63) is 65.7 Å². The number of aliphatic hydroxyl groups excluding tert-OH is 1. The number of aliphatic hydroxyl groups is 1. The maximum Gasteiger partial charge on any atom is 0.224 e. The molecule has 1 aliphatic rings. The monoisotopic (exact) mass is 368 g/mol. The molecule has 1 N–H and O–H groups in total. The molecule has 0 spiro atoms. The summed E-state index contributed by atoms with van der Waals surface area (Å²) in [5, 5.41) is 10.6. The highest BCUT2D eigenvalue weighted by Crippen LogP contribution is 2.25. The van der Waals surface area contributed by atoms with E-state index in [0.29, 0.717) is 45.6 Å². The van der Waals surface area contributed by atoms with Crippen molar-refractivity contribution in [3.63, 3.8) is 0 Å². The first-order valence-corrected chi connectivity index (χ1v) is 9.49. The lowest BCUT2D eigenvalue weighted by Crippen LogP contribution is -2.42. The van der Waals surface area contributed by atoms with Gasteiger partial charge in [-0.1, -0.05) is 48.5 Å². The van der Waals surface area contributed by atoms with Gasteiger partial charge < -0.3 is 19.6 Å². The summed E-state index contributed by atoms with van der Waals surface area (Å²) < 4.78 is 5.15. The predicted molar refractivity (Wildman–Crippen MR) is 107 cm³/mol. The highest BCUT2D eigenvalue weighted by molar-refractivity contribution is 5.78. The summed E-state index contributed by atoms with van der Waals surface area (Å²) in [5.74, 6) is 0.129. The van der Waals surface area contributed by atoms with Crippen LogP contribution in [0.15, 0.2) is 54.6 Å². The summed E-state index contributed by atoms with van der Waals surface area (Å²) in [6, 6.07) is 18.2. The second-order valence-corrected chi connectivity index (χ2v) is 6.98. The fraction of sp³-hybridized carbons (Fsp3) is 0.409. The Kier molecular flexibility index (Phi) is 6.85. The molecule has 1 heterocycles. The molecule has 0 radical (unpaired) electrons. The second-order valence-electron chi connectivity index (χ2n) is 6.98. The van der Waals surface area contributed by atoms with Gasteiger partial charge in [0.1, 0.15) is 0 Å². The predicted octanol–water partition coefficient (Wildman–Crippen LogP) is 2.48. The van der Waals surface area contributed by atoms with Gasteiger partial charge in [0, 0.05) is 51.8 Å². The minimum atomic E-state index is -0.487. The van der Waals surface area contributed by atoms with E-state index in [2.05, 4.69) is 17.0 Å². The summed E-state index contributed by atoms with van der Waals surface area (Å²) in [6.45, 7) is 2.82. The molecule has 5 nitrogen and oxygen atoms in total. The van der Waals surface area contributed by atoms with E-state index in [1.807, 2.05) is 47.4 Å². The lowest BCUT2D eigenvalue weighted by molar-refractivity contribution is -0.132. The fourth-order valence-electron chi connectivity index (χ4n) is 3.56. The summed E-state index contributed by atoms with van der Waals surface area (Å²) in [5.41, 5.74) is 3.32. The Morgan fingerprint density at radius 3 is 2.59 bits per heavy atom. The van der Waals surface area contributed by atoms with Crippen molar-refractivity contribution in [2.75, 3.05) is 38.3 Å². The number of nitrogens with zero attached hydrogens (tertiary/aromatic N) is 2. The molecule has 27 heavy (non-hydrogen) atoms. The number of benzene rings is 2. The number of para-hydroxylation sites is 1. The van der Waals surface area contributed by atoms with E-state index in [-0.39, 0.29) is 5.91 Å². The Morgan fingerprint density at radius 1 is 1.07 bits per heavy atom. The van der Waals surface area contributed by atoms with Gasteiger partial charge in [-0.15, -0.1) is 0 Å². The van der Waals surface area contributed by atoms with E-state index in [1.165, 1.54) is 0 Å². The number of ether oxygens (including phenoxy) is 1. The van der Waals surface area contributed by atoms with Crippen LogP contribution in [0.5, 0.6) is 0 Å². The molecular weight excluding hydrogens is 340 g/mol. The molecular formula is C22H28N2O3. The van der Waals surface area contributed by atoms with Crippen molar-refractivity contribution in [1.82, 2.24) is 4.90 Å². The van der Waals surface area contributed by atoms with Crippen molar-refractivity contribution in [2.45, 2.75) is 25.5 Å². The van der Waals surface area contributed by atoms with Gasteiger partial charge in [-0.25, -0.2) is 0 Å². The maximum atomic E-state index is 12.6. The van der Waals surface area contributed by atoms with Crippen LogP contribution in [0.3, 0.4) is 0 Å². The lowest BCUT2D eigenvalue weighted by atomic mass is 10.0. The number of methoxy groups -OCH3 is 1. The molecule has 0 aliphatic carbocycles. The topological polar surface area (TPSA) is 53.0 Å². The first-order chi connectivity index (χ1) is 13.2. The molecule has 1 aliphatic heterocycles. The van der Waals surface area contributed by atoms with Crippen molar-refractivity contribution in [1.29, 1.82) is 0 Å². The quantitative estimate of drug-likeness (QED) is 0.816. The summed E-state index contributed by atoms with van der Waals surface area (Å²) in [7, 11) is 1.65. The van der Waals surface area contributed by atoms with Gasteiger partial charge in [0.25, 0.3) is 0 Å². The molecule has 5 heteroatoms. The fourth-order valence-corrected chi connectivity index (χ4v) is 3.56. The van der Waals surface area contributed by atoms with Crippen molar-refractivity contribution in [2.24, 2.45) is 0 Å². The maximum absolute atomic E-state index is 12.6. The Hall–Kier alpha value is -2.37. The van der Waals surface area contributed by atoms with Crippen LogP contribution < -0.4 is 4.90 Å². The number of hydrogen-bond acceptors (Lipinski definition) is 4. The first-order valence-electron chi connectivity index (χ1n) is 9.49. The summed E-state index contributed by atoms with van der Waals surface area (Å²) in [4.78, 5) is 16.6. The smallest absolute Gasteiger partial charge is 0.224 e. The number of β-amino-alcohol motifs (C(OH)–C–C–N with tert-alkyl or cyclic N) is 1. The highest BCUT2D eigenvalue weighted by atomic mass is 16.5. The van der Waals surface area contributed by atoms with Gasteiger partial charge >= 0.3 is 0 Å². The van der Waals surface area contributed by atoms with Gasteiger partial charge in [-0.3, -0.25) is 4.79 Å². The number of amides is 1. The van der Waals surface area contributed by atoms with Crippen LogP contribution in [0, 0.1) is 0 Å². The molecule has 0 aromatic heterocycles. The van der Waals surface area contributed by atoms with Gasteiger partial charge in [0.2, 0.25) is 5.91 Å². The van der Waals surface area contributed by atoms with E-state index in [1.54, 1.807) is 7.11 Å². The van der Waals surface area contributed by atoms with E-state index >= 15 is 0 Å². The minimum Gasteiger partial charge on any atom is -0.391 e. The Morgan fingerprint density at radius 2 is 1.81 bits per heavy atom. The van der Waals surface area contributed by atoms with Gasteiger partial charge in [-0.2, -0.15) is 0 Å². The number of fused-ring (bicyclic) bond motifs is 1. The Balaban J connectivity index is 1.74. The average molecular weight is 368 g/mol. The second kappa shape index (κ2) is 9.53. The molecule has 2 aromatic carbocycles. The molecule has 0 saturated carbocycles. The van der Waals surface area contributed by atoms with Crippen LogP contribution >= 0.6 is 0 Å². The third kappa shape index (κ3) is 5.31. The largest absolute Gasteiger partial charge is 0.391 e. The van der Waals surface area contributed by atoms with Gasteiger partial charge in [-0.05, 0) is 17.2 Å². The van der Waals surface area contributed by atoms with Crippen LogP contribution in [0.4, 0.5) is 5.69 Å². The van der Waals surface area contributed by atoms with Gasteiger partial charge in [0.15, 0.2) is 0 Å². The molecule has 0 bridgehead atoms. The van der Waals surface area contributed by atoms with Crippen LogP contribution in [0.25, 0.3) is 0 Å². The Labute approximate surface area is 161 Å². The number of hydrogen-bond donors (Lipinski definition) is 1. The van der Waals surface area contributed by atoms with Gasteiger partial charge in [0.05, 0.1) is 12.7 Å². The van der Waals surface area contributed by atoms with E-state index in [9.17, 15) is 9.90 Å². The highest BCUT2D eigenvalue weighted by Gasteiger charge is 2.23. The molecule has 1 atom stereocenters. The molecule has 0 saturated heterocycles. The number of carbonyl (C=O) groups excluding carboxylic acids is 1. The van der Waals surface area contributed by atoms with Crippen LogP contribution in [0.1, 0.15) is 17.5 Å². The molecule has 144 valence electrons. The molecule has 0 fully saturated rings. The molecule has 1 amide bonds. The third-order valence-electron chi connectivity index (χ3n) is 4.95. The zero-order valence-electron chi connectivity index (χ0n) is 15.9. The van der Waals surface area contributed by atoms with Crippen LogP contribution in [0.2, 0.25) is 0 Å². The standard InChI is InChI=1S/C22H28N2O3/c1-27-14-13-24-16-19-9-5-6-10-21(19)23(12-11-22(24)26)17-20(25)15-18-7-3-2-4-8-18/h2-10,20,25H,11-17H2,1H3. The molecule has 1 unspecified atom stereocenters. The summed E-state index contributed by atoms with van der Waals surface area (Å²) >= 11 is 0. The zero-order valence-corrected chi connectivity index (χ0v) is 15.9. The zero-order chi connectivity index (χ0) is 19.1. The molecule has 2 aromatic rings. The molecule has 3 rings (SSSR count). The van der Waals surface area contributed by atoms with Crippen LogP contribution in [-0.4, -0.2) is 55.4 Å². The first kappa shape index (κ1) is 19.4. The SMILES string of the molecule is COCCN1Cc2ccccc2N(CC(O)Cc2ccccc2)CCC1=O. The third-order valence-corrected chi connectivity index (χ3v) is 4.95. The average Bonchev–Trinajstić information content (AvgIpc) is 2.68.